The van der Waals surface area contributed by atoms with Crippen LogP contribution in [0.5, 0.6) is 11.5 Å². The number of likely N-dealkylation sites (tertiary alicyclic amines) is 1. The van der Waals surface area contributed by atoms with Crippen molar-refractivity contribution in [1.82, 2.24) is 15.5 Å². The standard InChI is InChI=1S/C21H30F2N4O3/c1-24-21(25-12-14-7-8-17(29-2)18(11-14)30-20(22)23)26-16-9-10-27(13-16)19(28)15-5-3-4-6-15/h7-8,11,15-16,20H,3-6,9-10,12-13H2,1-2H3,(H2,24,25,26). The predicted octanol–water partition coefficient (Wildman–Crippen LogP) is 2.75. The van der Waals surface area contributed by atoms with E-state index in [0.29, 0.717) is 19.0 Å². The minimum Gasteiger partial charge on any atom is -0.493 e. The van der Waals surface area contributed by atoms with E-state index in [4.69, 9.17) is 4.74 Å². The number of nitrogens with one attached hydrogen (secondary N) is 2. The van der Waals surface area contributed by atoms with Crippen LogP contribution in [0.3, 0.4) is 0 Å². The lowest BCUT2D eigenvalue weighted by atomic mass is 10.1. The number of nitrogens with zero attached hydrogens (tertiary/aromatic N) is 2. The third kappa shape index (κ3) is 5.73. The average molecular weight is 424 g/mol. The zero-order valence-electron chi connectivity index (χ0n) is 17.5. The van der Waals surface area contributed by atoms with Gasteiger partial charge in [0.05, 0.1) is 7.11 Å². The first-order chi connectivity index (χ1) is 14.5. The smallest absolute Gasteiger partial charge is 0.387 e. The molecular weight excluding hydrogens is 394 g/mol. The number of benzene rings is 1. The molecule has 1 amide bonds. The van der Waals surface area contributed by atoms with Crippen LogP contribution < -0.4 is 20.1 Å². The molecule has 0 bridgehead atoms. The molecular formula is C21H30F2N4O3. The molecule has 1 saturated carbocycles. The lowest BCUT2D eigenvalue weighted by Gasteiger charge is -2.21. The summed E-state index contributed by atoms with van der Waals surface area (Å²) in [6.07, 6.45) is 5.19. The van der Waals surface area contributed by atoms with Crippen molar-refractivity contribution < 1.29 is 23.0 Å². The molecule has 1 atom stereocenters. The van der Waals surface area contributed by atoms with Crippen LogP contribution in [0.25, 0.3) is 0 Å². The van der Waals surface area contributed by atoms with Crippen LogP contribution >= 0.6 is 0 Å². The van der Waals surface area contributed by atoms with Gasteiger partial charge in [-0.1, -0.05) is 18.9 Å². The minimum absolute atomic E-state index is 0.00777. The first-order valence-electron chi connectivity index (χ1n) is 10.4. The molecule has 1 heterocycles. The van der Waals surface area contributed by atoms with Gasteiger partial charge in [-0.3, -0.25) is 9.79 Å². The van der Waals surface area contributed by atoms with Crippen molar-refractivity contribution in [3.63, 3.8) is 0 Å². The van der Waals surface area contributed by atoms with Gasteiger partial charge in [0.2, 0.25) is 5.91 Å². The zero-order valence-corrected chi connectivity index (χ0v) is 17.5. The van der Waals surface area contributed by atoms with Crippen LogP contribution in [-0.4, -0.2) is 56.7 Å². The number of carbonyl (C=O) groups excluding carboxylic acids is 1. The van der Waals surface area contributed by atoms with Crippen molar-refractivity contribution in [2.24, 2.45) is 10.9 Å². The molecule has 166 valence electrons. The second-order valence-electron chi connectivity index (χ2n) is 7.69. The lowest BCUT2D eigenvalue weighted by molar-refractivity contribution is -0.134. The number of guanidine groups is 1. The maximum absolute atomic E-state index is 12.6. The summed E-state index contributed by atoms with van der Waals surface area (Å²) in [6.45, 7) is -1.11. The summed E-state index contributed by atoms with van der Waals surface area (Å²) >= 11 is 0. The van der Waals surface area contributed by atoms with Gasteiger partial charge in [-0.25, -0.2) is 0 Å². The Kier molecular flexibility index (Phi) is 7.70. The molecule has 1 aromatic rings. The summed E-state index contributed by atoms with van der Waals surface area (Å²) in [4.78, 5) is 18.8. The Balaban J connectivity index is 1.51. The molecule has 2 fully saturated rings. The molecule has 0 radical (unpaired) electrons. The number of alkyl halides is 2. The Labute approximate surface area is 175 Å². The third-order valence-corrected chi connectivity index (χ3v) is 5.67. The molecule has 3 rings (SSSR count). The van der Waals surface area contributed by atoms with Crippen LogP contribution in [-0.2, 0) is 11.3 Å². The molecule has 30 heavy (non-hydrogen) atoms. The van der Waals surface area contributed by atoms with E-state index < -0.39 is 6.61 Å². The first-order valence-corrected chi connectivity index (χ1v) is 10.4. The maximum Gasteiger partial charge on any atom is 0.387 e. The molecule has 0 spiro atoms. The van der Waals surface area contributed by atoms with E-state index in [1.807, 2.05) is 4.90 Å². The number of halogens is 2. The summed E-state index contributed by atoms with van der Waals surface area (Å²) in [5.74, 6) is 1.32. The van der Waals surface area contributed by atoms with Gasteiger partial charge >= 0.3 is 6.61 Å². The molecule has 9 heteroatoms. The Hall–Kier alpha value is -2.58. The number of amides is 1. The van der Waals surface area contributed by atoms with Crippen molar-refractivity contribution in [2.45, 2.75) is 51.3 Å². The highest BCUT2D eigenvalue weighted by Gasteiger charge is 2.32. The van der Waals surface area contributed by atoms with Crippen molar-refractivity contribution in [1.29, 1.82) is 0 Å². The fourth-order valence-electron chi connectivity index (χ4n) is 4.10. The highest BCUT2D eigenvalue weighted by Crippen LogP contribution is 2.30. The molecule has 7 nitrogen and oxygen atoms in total. The average Bonchev–Trinajstić information content (AvgIpc) is 3.42. The van der Waals surface area contributed by atoms with Gasteiger partial charge in [-0.05, 0) is 37.0 Å². The van der Waals surface area contributed by atoms with E-state index in [-0.39, 0.29) is 29.4 Å². The van der Waals surface area contributed by atoms with E-state index >= 15 is 0 Å². The summed E-state index contributed by atoms with van der Waals surface area (Å²) in [5.41, 5.74) is 0.749. The van der Waals surface area contributed by atoms with Crippen molar-refractivity contribution in [3.05, 3.63) is 23.8 Å². The quantitative estimate of drug-likeness (QED) is 0.520. The van der Waals surface area contributed by atoms with Crippen LogP contribution in [0.15, 0.2) is 23.2 Å². The van der Waals surface area contributed by atoms with Gasteiger partial charge in [0, 0.05) is 38.6 Å². The maximum atomic E-state index is 12.6. The first kappa shape index (κ1) is 22.1. The minimum atomic E-state index is -2.92. The molecule has 1 aliphatic carbocycles. The second kappa shape index (κ2) is 10.4. The Bertz CT molecular complexity index is 754. The van der Waals surface area contributed by atoms with E-state index in [0.717, 1.165) is 44.2 Å². The number of aliphatic imine (C=N–C) groups is 1. The van der Waals surface area contributed by atoms with E-state index in [1.165, 1.54) is 13.2 Å². The van der Waals surface area contributed by atoms with E-state index in [2.05, 4.69) is 20.4 Å². The molecule has 2 N–H and O–H groups in total. The normalized spacial score (nSPS) is 20.0. The van der Waals surface area contributed by atoms with Crippen molar-refractivity contribution >= 4 is 11.9 Å². The lowest BCUT2D eigenvalue weighted by Crippen LogP contribution is -2.45. The Morgan fingerprint density at radius 3 is 2.70 bits per heavy atom. The van der Waals surface area contributed by atoms with Gasteiger partial charge in [-0.15, -0.1) is 0 Å². The van der Waals surface area contributed by atoms with Crippen LogP contribution in [0.2, 0.25) is 0 Å². The zero-order chi connectivity index (χ0) is 21.5. The monoisotopic (exact) mass is 424 g/mol. The summed E-state index contributed by atoms with van der Waals surface area (Å²) in [7, 11) is 3.07. The summed E-state index contributed by atoms with van der Waals surface area (Å²) < 4.78 is 34.8. The molecule has 1 saturated heterocycles. The van der Waals surface area contributed by atoms with Gasteiger partial charge < -0.3 is 25.0 Å². The molecule has 0 aromatic heterocycles. The number of hydrogen-bond donors (Lipinski definition) is 2. The number of rotatable bonds is 7. The van der Waals surface area contributed by atoms with Crippen molar-refractivity contribution in [3.8, 4) is 11.5 Å². The van der Waals surface area contributed by atoms with Crippen LogP contribution in [0.4, 0.5) is 8.78 Å². The molecule has 1 aromatic carbocycles. The fourth-order valence-corrected chi connectivity index (χ4v) is 4.10. The van der Waals surface area contributed by atoms with Crippen LogP contribution in [0.1, 0.15) is 37.7 Å². The van der Waals surface area contributed by atoms with E-state index in [1.54, 1.807) is 19.2 Å². The van der Waals surface area contributed by atoms with Gasteiger partial charge in [0.25, 0.3) is 0 Å². The predicted molar refractivity (Wildman–Crippen MR) is 110 cm³/mol. The second-order valence-corrected chi connectivity index (χ2v) is 7.69. The number of carbonyl (C=O) groups is 1. The highest BCUT2D eigenvalue weighted by atomic mass is 19.3. The summed E-state index contributed by atoms with van der Waals surface area (Å²) in [6, 6.07) is 5.02. The molecule has 1 aliphatic heterocycles. The van der Waals surface area contributed by atoms with Gasteiger partial charge in [0.1, 0.15) is 0 Å². The van der Waals surface area contributed by atoms with Gasteiger partial charge in [0.15, 0.2) is 17.5 Å². The third-order valence-electron chi connectivity index (χ3n) is 5.67. The highest BCUT2D eigenvalue weighted by molar-refractivity contribution is 5.81. The van der Waals surface area contributed by atoms with E-state index in [9.17, 15) is 13.6 Å². The number of methoxy groups -OCH3 is 1. The Morgan fingerprint density at radius 2 is 2.03 bits per heavy atom. The largest absolute Gasteiger partial charge is 0.493 e. The molecule has 1 unspecified atom stereocenters. The Morgan fingerprint density at radius 1 is 1.27 bits per heavy atom. The SMILES string of the molecule is CN=C(NCc1ccc(OC)c(OC(F)F)c1)NC1CCN(C(=O)C2CCCC2)C1. The topological polar surface area (TPSA) is 75.2 Å². The fraction of sp³-hybridized carbons (Fsp3) is 0.619. The van der Waals surface area contributed by atoms with Crippen molar-refractivity contribution in [2.75, 3.05) is 27.2 Å². The number of ether oxygens (including phenoxy) is 2. The number of hydrogen-bond acceptors (Lipinski definition) is 4. The molecule has 2 aliphatic rings. The van der Waals surface area contributed by atoms with Gasteiger partial charge in [-0.2, -0.15) is 8.78 Å². The van der Waals surface area contributed by atoms with Crippen LogP contribution in [0, 0.1) is 5.92 Å². The summed E-state index contributed by atoms with van der Waals surface area (Å²) in [5, 5.41) is 6.53.